The highest BCUT2D eigenvalue weighted by Gasteiger charge is 2.34. The Morgan fingerprint density at radius 3 is 2.24 bits per heavy atom. The van der Waals surface area contributed by atoms with Crippen molar-refractivity contribution >= 4 is 11.9 Å². The van der Waals surface area contributed by atoms with Crippen molar-refractivity contribution in [2.24, 2.45) is 0 Å². The normalized spacial score (nSPS) is 14.8. The molecule has 1 aromatic heterocycles. The highest BCUT2D eigenvalue weighted by atomic mass is 16.5. The Labute approximate surface area is 197 Å². The smallest absolute Gasteiger partial charge is 0.338 e. The number of nitrogens with one attached hydrogen (secondary N) is 1. The predicted molar refractivity (Wildman–Crippen MR) is 128 cm³/mol. The fourth-order valence-corrected chi connectivity index (χ4v) is 3.95. The van der Waals surface area contributed by atoms with Crippen LogP contribution in [0, 0.1) is 0 Å². The van der Waals surface area contributed by atoms with Gasteiger partial charge < -0.3 is 14.8 Å². The van der Waals surface area contributed by atoms with E-state index >= 15 is 0 Å². The van der Waals surface area contributed by atoms with Gasteiger partial charge in [-0.1, -0.05) is 72.8 Å². The maximum absolute atomic E-state index is 13.2. The molecule has 34 heavy (non-hydrogen) atoms. The Kier molecular flexibility index (Phi) is 6.07. The molecule has 1 aliphatic rings. The molecule has 1 atom stereocenters. The van der Waals surface area contributed by atoms with Crippen LogP contribution in [0.25, 0.3) is 0 Å². The number of carbonyl (C=O) groups is 1. The standard InChI is InChI=1S/C27H24N4O3/c1-19-24(26(32)34-17-21-10-6-3-7-11-21)25(31-27(30-19)28-18-29-31)22-12-14-23(15-13-22)33-16-20-8-4-2-5-9-20/h2-15,18,25H,16-17H2,1H3,(H,28,29,30). The maximum Gasteiger partial charge on any atom is 0.338 e. The van der Waals surface area contributed by atoms with Gasteiger partial charge in [-0.2, -0.15) is 10.1 Å². The molecule has 0 amide bonds. The molecule has 1 unspecified atom stereocenters. The minimum absolute atomic E-state index is 0.194. The molecule has 2 heterocycles. The summed E-state index contributed by atoms with van der Waals surface area (Å²) in [7, 11) is 0. The second-order valence-corrected chi connectivity index (χ2v) is 8.00. The van der Waals surface area contributed by atoms with Crippen LogP contribution in [0.3, 0.4) is 0 Å². The van der Waals surface area contributed by atoms with Gasteiger partial charge in [0, 0.05) is 5.70 Å². The van der Waals surface area contributed by atoms with Gasteiger partial charge in [0.25, 0.3) is 0 Å². The second-order valence-electron chi connectivity index (χ2n) is 8.00. The van der Waals surface area contributed by atoms with Crippen LogP contribution in [0.1, 0.15) is 29.7 Å². The van der Waals surface area contributed by atoms with E-state index in [2.05, 4.69) is 15.4 Å². The Bertz CT molecular complexity index is 1300. The summed E-state index contributed by atoms with van der Waals surface area (Å²) in [6.45, 7) is 2.53. The lowest BCUT2D eigenvalue weighted by Gasteiger charge is -2.28. The van der Waals surface area contributed by atoms with E-state index < -0.39 is 12.0 Å². The second kappa shape index (κ2) is 9.62. The Morgan fingerprint density at radius 1 is 0.912 bits per heavy atom. The molecular weight excluding hydrogens is 428 g/mol. The number of hydrogen-bond donors (Lipinski definition) is 1. The van der Waals surface area contributed by atoms with Gasteiger partial charge in [0.15, 0.2) is 0 Å². The van der Waals surface area contributed by atoms with Gasteiger partial charge in [0.05, 0.1) is 5.57 Å². The predicted octanol–water partition coefficient (Wildman–Crippen LogP) is 4.89. The molecule has 0 radical (unpaired) electrons. The fourth-order valence-electron chi connectivity index (χ4n) is 3.95. The monoisotopic (exact) mass is 452 g/mol. The zero-order chi connectivity index (χ0) is 23.3. The van der Waals surface area contributed by atoms with E-state index in [4.69, 9.17) is 9.47 Å². The quantitative estimate of drug-likeness (QED) is 0.402. The molecule has 0 fully saturated rings. The van der Waals surface area contributed by atoms with E-state index in [9.17, 15) is 4.79 Å². The number of aromatic nitrogens is 3. The average molecular weight is 453 g/mol. The topological polar surface area (TPSA) is 78.3 Å². The molecule has 0 spiro atoms. The maximum atomic E-state index is 13.2. The lowest BCUT2D eigenvalue weighted by molar-refractivity contribution is -0.140. The number of anilines is 1. The van der Waals surface area contributed by atoms with Crippen LogP contribution in [-0.2, 0) is 22.7 Å². The summed E-state index contributed by atoms with van der Waals surface area (Å²) in [5.74, 6) is 0.921. The third kappa shape index (κ3) is 4.54. The molecule has 7 nitrogen and oxygen atoms in total. The van der Waals surface area contributed by atoms with Gasteiger partial charge in [-0.3, -0.25) is 0 Å². The third-order valence-corrected chi connectivity index (χ3v) is 5.67. The number of rotatable bonds is 7. The molecule has 1 N–H and O–H groups in total. The van der Waals surface area contributed by atoms with Crippen molar-refractivity contribution in [3.05, 3.63) is 119 Å². The highest BCUT2D eigenvalue weighted by Crippen LogP contribution is 2.36. The van der Waals surface area contributed by atoms with Crippen LogP contribution < -0.4 is 10.1 Å². The molecular formula is C27H24N4O3. The summed E-state index contributed by atoms with van der Waals surface area (Å²) >= 11 is 0. The molecule has 0 aliphatic carbocycles. The van der Waals surface area contributed by atoms with E-state index in [0.29, 0.717) is 23.8 Å². The van der Waals surface area contributed by atoms with E-state index in [1.807, 2.05) is 91.9 Å². The molecule has 3 aromatic carbocycles. The number of benzene rings is 3. The summed E-state index contributed by atoms with van der Waals surface area (Å²) in [4.78, 5) is 17.5. The lowest BCUT2D eigenvalue weighted by Crippen LogP contribution is -2.29. The van der Waals surface area contributed by atoms with Crippen LogP contribution in [0.15, 0.2) is 103 Å². The Morgan fingerprint density at radius 2 is 1.56 bits per heavy atom. The largest absolute Gasteiger partial charge is 0.489 e. The molecule has 1 aliphatic heterocycles. The van der Waals surface area contributed by atoms with Crippen molar-refractivity contribution in [1.29, 1.82) is 0 Å². The van der Waals surface area contributed by atoms with Gasteiger partial charge in [-0.05, 0) is 35.7 Å². The Balaban J connectivity index is 1.38. The number of hydrogen-bond acceptors (Lipinski definition) is 6. The molecule has 0 saturated heterocycles. The number of fused-ring (bicyclic) bond motifs is 1. The van der Waals surface area contributed by atoms with Gasteiger partial charge in [0.1, 0.15) is 31.3 Å². The van der Waals surface area contributed by atoms with E-state index in [1.165, 1.54) is 6.33 Å². The number of ether oxygens (including phenoxy) is 2. The Hall–Kier alpha value is -4.39. The van der Waals surface area contributed by atoms with Crippen LogP contribution in [-0.4, -0.2) is 20.7 Å². The van der Waals surface area contributed by atoms with Crippen molar-refractivity contribution in [2.75, 3.05) is 5.32 Å². The molecule has 5 rings (SSSR count). The summed E-state index contributed by atoms with van der Waals surface area (Å²) in [6, 6.07) is 26.8. The average Bonchev–Trinajstić information content (AvgIpc) is 3.35. The van der Waals surface area contributed by atoms with Gasteiger partial charge in [0.2, 0.25) is 5.95 Å². The fraction of sp³-hybridized carbons (Fsp3) is 0.148. The SMILES string of the molecule is CC1=C(C(=O)OCc2ccccc2)C(c2ccc(OCc3ccccc3)cc2)n2ncnc2N1. The number of nitrogens with zero attached hydrogens (tertiary/aromatic N) is 3. The molecule has 0 saturated carbocycles. The van der Waals surface area contributed by atoms with E-state index in [-0.39, 0.29) is 6.61 Å². The first-order chi connectivity index (χ1) is 16.7. The van der Waals surface area contributed by atoms with Gasteiger partial charge in [-0.15, -0.1) is 0 Å². The molecule has 7 heteroatoms. The third-order valence-electron chi connectivity index (χ3n) is 5.67. The lowest BCUT2D eigenvalue weighted by atomic mass is 9.95. The highest BCUT2D eigenvalue weighted by molar-refractivity contribution is 5.92. The van der Waals surface area contributed by atoms with Crippen LogP contribution in [0.4, 0.5) is 5.95 Å². The van der Waals surface area contributed by atoms with Gasteiger partial charge in [-0.25, -0.2) is 9.48 Å². The van der Waals surface area contributed by atoms with Crippen molar-refractivity contribution < 1.29 is 14.3 Å². The van der Waals surface area contributed by atoms with Crippen molar-refractivity contribution in [3.8, 4) is 5.75 Å². The molecule has 4 aromatic rings. The number of carbonyl (C=O) groups excluding carboxylic acids is 1. The number of allylic oxidation sites excluding steroid dienone is 1. The van der Waals surface area contributed by atoms with E-state index in [1.54, 1.807) is 4.68 Å². The molecule has 170 valence electrons. The van der Waals surface area contributed by atoms with Crippen LogP contribution in [0.2, 0.25) is 0 Å². The van der Waals surface area contributed by atoms with Crippen molar-refractivity contribution in [2.45, 2.75) is 26.2 Å². The van der Waals surface area contributed by atoms with Crippen LogP contribution >= 0.6 is 0 Å². The summed E-state index contributed by atoms with van der Waals surface area (Å²) < 4.78 is 13.3. The first kappa shape index (κ1) is 21.5. The first-order valence-electron chi connectivity index (χ1n) is 11.0. The zero-order valence-electron chi connectivity index (χ0n) is 18.7. The molecule has 0 bridgehead atoms. The summed E-state index contributed by atoms with van der Waals surface area (Å²) in [5.41, 5.74) is 4.08. The van der Waals surface area contributed by atoms with Crippen LogP contribution in [0.5, 0.6) is 5.75 Å². The first-order valence-corrected chi connectivity index (χ1v) is 11.0. The number of esters is 1. The van der Waals surface area contributed by atoms with E-state index in [0.717, 1.165) is 22.4 Å². The summed E-state index contributed by atoms with van der Waals surface area (Å²) in [6.07, 6.45) is 1.47. The van der Waals surface area contributed by atoms with Gasteiger partial charge >= 0.3 is 5.97 Å². The summed E-state index contributed by atoms with van der Waals surface area (Å²) in [5, 5.41) is 7.53. The minimum Gasteiger partial charge on any atom is -0.489 e. The van der Waals surface area contributed by atoms with Crippen molar-refractivity contribution in [1.82, 2.24) is 14.8 Å². The minimum atomic E-state index is -0.467. The van der Waals surface area contributed by atoms with Crippen molar-refractivity contribution in [3.63, 3.8) is 0 Å². The zero-order valence-corrected chi connectivity index (χ0v) is 18.7.